The van der Waals surface area contributed by atoms with Gasteiger partial charge in [0.1, 0.15) is 6.17 Å². The Balaban J connectivity index is 2.49. The lowest BCUT2D eigenvalue weighted by atomic mass is 9.99. The summed E-state index contributed by atoms with van der Waals surface area (Å²) in [6, 6.07) is 0.0657. The van der Waals surface area contributed by atoms with Crippen LogP contribution in [0.4, 0.5) is 4.39 Å². The van der Waals surface area contributed by atoms with Gasteiger partial charge in [0.05, 0.1) is 0 Å². The van der Waals surface area contributed by atoms with Crippen molar-refractivity contribution in [2.24, 2.45) is 5.73 Å². The van der Waals surface area contributed by atoms with Crippen LogP contribution in [0.3, 0.4) is 0 Å². The number of likely N-dealkylation sites (tertiary alicyclic amines) is 1. The highest BCUT2D eigenvalue weighted by Gasteiger charge is 2.28. The predicted molar refractivity (Wildman–Crippen MR) is 39.6 cm³/mol. The highest BCUT2D eigenvalue weighted by atomic mass is 19.1. The van der Waals surface area contributed by atoms with Gasteiger partial charge in [0.15, 0.2) is 0 Å². The van der Waals surface area contributed by atoms with Crippen LogP contribution in [0.5, 0.6) is 0 Å². The van der Waals surface area contributed by atoms with Crippen LogP contribution in [-0.2, 0) is 0 Å². The molecule has 0 aromatic heterocycles. The lowest BCUT2D eigenvalue weighted by molar-refractivity contribution is 0.0862. The van der Waals surface area contributed by atoms with Crippen LogP contribution in [0.25, 0.3) is 0 Å². The molecule has 2 nitrogen and oxygen atoms in total. The first-order valence-corrected chi connectivity index (χ1v) is 3.71. The van der Waals surface area contributed by atoms with Gasteiger partial charge in [-0.3, -0.25) is 4.90 Å². The van der Waals surface area contributed by atoms with Crippen molar-refractivity contribution in [2.75, 3.05) is 13.6 Å². The van der Waals surface area contributed by atoms with E-state index in [4.69, 9.17) is 5.73 Å². The van der Waals surface area contributed by atoms with E-state index in [1.165, 1.54) is 0 Å². The molecule has 0 bridgehead atoms. The molecule has 3 heteroatoms. The molecule has 0 aliphatic carbocycles. The number of piperidine rings is 1. The summed E-state index contributed by atoms with van der Waals surface area (Å²) < 4.78 is 13.0. The van der Waals surface area contributed by atoms with Crippen LogP contribution in [0.1, 0.15) is 13.3 Å². The Morgan fingerprint density at radius 1 is 1.60 bits per heavy atom. The van der Waals surface area contributed by atoms with Crippen molar-refractivity contribution in [3.63, 3.8) is 0 Å². The Hall–Kier alpha value is -0.150. The van der Waals surface area contributed by atoms with Crippen molar-refractivity contribution in [1.29, 1.82) is 0 Å². The summed E-state index contributed by atoms with van der Waals surface area (Å²) in [6.45, 7) is 2.72. The second-order valence-electron chi connectivity index (χ2n) is 3.19. The Morgan fingerprint density at radius 3 is 2.70 bits per heavy atom. The first-order valence-electron chi connectivity index (χ1n) is 3.71. The molecule has 1 aliphatic heterocycles. The number of likely N-dealkylation sites (N-methyl/N-ethyl adjacent to an activating group) is 1. The highest BCUT2D eigenvalue weighted by molar-refractivity contribution is 4.85. The van der Waals surface area contributed by atoms with Crippen LogP contribution in [0, 0.1) is 0 Å². The average molecular weight is 146 g/mol. The fourth-order valence-corrected chi connectivity index (χ4v) is 1.37. The molecule has 0 amide bonds. The van der Waals surface area contributed by atoms with Gasteiger partial charge in [0.25, 0.3) is 0 Å². The maximum Gasteiger partial charge on any atom is 0.117 e. The summed E-state index contributed by atoms with van der Waals surface area (Å²) >= 11 is 0. The maximum absolute atomic E-state index is 13.0. The van der Waals surface area contributed by atoms with E-state index in [0.29, 0.717) is 6.42 Å². The Kier molecular flexibility index (Phi) is 2.26. The second kappa shape index (κ2) is 2.84. The van der Waals surface area contributed by atoms with Gasteiger partial charge in [-0.05, 0) is 20.4 Å². The third-order valence-electron chi connectivity index (χ3n) is 2.27. The molecule has 0 aromatic carbocycles. The summed E-state index contributed by atoms with van der Waals surface area (Å²) in [6.07, 6.45) is -0.223. The molecular weight excluding hydrogens is 131 g/mol. The molecule has 1 aliphatic rings. The molecule has 3 atom stereocenters. The van der Waals surface area contributed by atoms with Gasteiger partial charge in [-0.2, -0.15) is 0 Å². The van der Waals surface area contributed by atoms with E-state index in [0.717, 1.165) is 6.54 Å². The number of nitrogens with two attached hydrogens (primary N) is 1. The van der Waals surface area contributed by atoms with Crippen molar-refractivity contribution in [2.45, 2.75) is 31.6 Å². The average Bonchev–Trinajstić information content (AvgIpc) is 1.82. The lowest BCUT2D eigenvalue weighted by Gasteiger charge is -2.35. The summed E-state index contributed by atoms with van der Waals surface area (Å²) in [5.41, 5.74) is 5.60. The molecule has 1 saturated heterocycles. The molecule has 1 heterocycles. The van der Waals surface area contributed by atoms with Gasteiger partial charge in [0.2, 0.25) is 0 Å². The Labute approximate surface area is 61.2 Å². The van der Waals surface area contributed by atoms with Gasteiger partial charge < -0.3 is 5.73 Å². The summed E-state index contributed by atoms with van der Waals surface area (Å²) in [7, 11) is 1.91. The maximum atomic E-state index is 13.0. The fraction of sp³-hybridized carbons (Fsp3) is 1.00. The standard InChI is InChI=1S/C7H15FN2/c1-5-7(8)3-6(9)4-10(5)2/h5-7H,3-4,9H2,1-2H3. The highest BCUT2D eigenvalue weighted by Crippen LogP contribution is 2.17. The normalized spacial score (nSPS) is 43.8. The second-order valence-corrected chi connectivity index (χ2v) is 3.19. The minimum atomic E-state index is -0.742. The van der Waals surface area contributed by atoms with Gasteiger partial charge in [-0.1, -0.05) is 0 Å². The number of hydrogen-bond donors (Lipinski definition) is 1. The van der Waals surface area contributed by atoms with Gasteiger partial charge in [0, 0.05) is 18.6 Å². The summed E-state index contributed by atoms with van der Waals surface area (Å²) in [5.74, 6) is 0. The van der Waals surface area contributed by atoms with Crippen molar-refractivity contribution in [1.82, 2.24) is 4.90 Å². The van der Waals surface area contributed by atoms with Crippen LogP contribution in [0.15, 0.2) is 0 Å². The molecule has 10 heavy (non-hydrogen) atoms. The van der Waals surface area contributed by atoms with Crippen LogP contribution >= 0.6 is 0 Å². The largest absolute Gasteiger partial charge is 0.326 e. The molecule has 0 aromatic rings. The van der Waals surface area contributed by atoms with E-state index in [-0.39, 0.29) is 12.1 Å². The molecule has 0 saturated carbocycles. The molecule has 3 unspecified atom stereocenters. The Morgan fingerprint density at radius 2 is 2.20 bits per heavy atom. The first-order chi connectivity index (χ1) is 4.61. The number of nitrogens with zero attached hydrogens (tertiary/aromatic N) is 1. The van der Waals surface area contributed by atoms with E-state index in [2.05, 4.69) is 0 Å². The van der Waals surface area contributed by atoms with Crippen molar-refractivity contribution < 1.29 is 4.39 Å². The number of halogens is 1. The minimum Gasteiger partial charge on any atom is -0.326 e. The van der Waals surface area contributed by atoms with E-state index < -0.39 is 6.17 Å². The molecule has 2 N–H and O–H groups in total. The zero-order valence-corrected chi connectivity index (χ0v) is 6.55. The minimum absolute atomic E-state index is 0.0243. The van der Waals surface area contributed by atoms with Crippen LogP contribution in [-0.4, -0.2) is 36.7 Å². The first kappa shape index (κ1) is 7.95. The third-order valence-corrected chi connectivity index (χ3v) is 2.27. The quantitative estimate of drug-likeness (QED) is 0.535. The molecule has 0 radical (unpaired) electrons. The molecular formula is C7H15FN2. The molecule has 1 fully saturated rings. The van der Waals surface area contributed by atoms with Crippen molar-refractivity contribution >= 4 is 0 Å². The number of hydrogen-bond acceptors (Lipinski definition) is 2. The van der Waals surface area contributed by atoms with Crippen LogP contribution < -0.4 is 5.73 Å². The SMILES string of the molecule is CC1C(F)CC(N)CN1C. The van der Waals surface area contributed by atoms with Crippen molar-refractivity contribution in [3.8, 4) is 0 Å². The van der Waals surface area contributed by atoms with E-state index >= 15 is 0 Å². The monoisotopic (exact) mass is 146 g/mol. The smallest absolute Gasteiger partial charge is 0.117 e. The molecule has 1 rings (SSSR count). The van der Waals surface area contributed by atoms with Gasteiger partial charge >= 0.3 is 0 Å². The van der Waals surface area contributed by atoms with Crippen LogP contribution in [0.2, 0.25) is 0 Å². The lowest BCUT2D eigenvalue weighted by Crippen LogP contribution is -2.51. The van der Waals surface area contributed by atoms with E-state index in [1.807, 2.05) is 18.9 Å². The summed E-state index contributed by atoms with van der Waals surface area (Å²) in [4.78, 5) is 1.97. The van der Waals surface area contributed by atoms with E-state index in [9.17, 15) is 4.39 Å². The number of alkyl halides is 1. The fourth-order valence-electron chi connectivity index (χ4n) is 1.37. The zero-order chi connectivity index (χ0) is 7.72. The molecule has 60 valence electrons. The molecule has 0 spiro atoms. The number of rotatable bonds is 0. The predicted octanol–water partition coefficient (Wildman–Crippen LogP) is 0.376. The summed E-state index contributed by atoms with van der Waals surface area (Å²) in [5, 5.41) is 0. The van der Waals surface area contributed by atoms with Crippen molar-refractivity contribution in [3.05, 3.63) is 0 Å². The zero-order valence-electron chi connectivity index (χ0n) is 6.55. The topological polar surface area (TPSA) is 29.3 Å². The Bertz CT molecular complexity index is 106. The van der Waals surface area contributed by atoms with E-state index in [1.54, 1.807) is 0 Å². The van der Waals surface area contributed by atoms with Gasteiger partial charge in [-0.25, -0.2) is 4.39 Å². The third kappa shape index (κ3) is 1.47. The van der Waals surface area contributed by atoms with Gasteiger partial charge in [-0.15, -0.1) is 0 Å².